The molecule has 1 unspecified atom stereocenters. The summed E-state index contributed by atoms with van der Waals surface area (Å²) >= 11 is 0. The number of nitrogens with zero attached hydrogens (tertiary/aromatic N) is 1. The van der Waals surface area contributed by atoms with Crippen molar-refractivity contribution in [2.75, 3.05) is 26.2 Å². The highest BCUT2D eigenvalue weighted by Gasteiger charge is 2.21. The first-order valence-corrected chi connectivity index (χ1v) is 7.69. The van der Waals surface area contributed by atoms with Crippen LogP contribution >= 0.6 is 0 Å². The second-order valence-corrected chi connectivity index (χ2v) is 5.87. The summed E-state index contributed by atoms with van der Waals surface area (Å²) in [6, 6.07) is 6.08. The molecule has 20 heavy (non-hydrogen) atoms. The van der Waals surface area contributed by atoms with Gasteiger partial charge in [-0.1, -0.05) is 17.7 Å². The Bertz CT molecular complexity index is 464. The Labute approximate surface area is 122 Å². The fourth-order valence-electron chi connectivity index (χ4n) is 2.97. The standard InChI is InChI=1S/C17H26N2O/c1-4-19(12-15-6-5-9-18-11-15)17(20)16-8-7-13(2)10-14(16)3/h7-8,10,15,18H,4-6,9,11-12H2,1-3H3. The molecule has 1 aliphatic heterocycles. The molecule has 3 nitrogen and oxygen atoms in total. The van der Waals surface area contributed by atoms with Crippen molar-refractivity contribution in [1.82, 2.24) is 10.2 Å². The molecule has 1 atom stereocenters. The van der Waals surface area contributed by atoms with E-state index in [4.69, 9.17) is 0 Å². The maximum atomic E-state index is 12.7. The van der Waals surface area contributed by atoms with Crippen molar-refractivity contribution in [2.45, 2.75) is 33.6 Å². The third-order valence-corrected chi connectivity index (χ3v) is 4.16. The molecule has 1 aromatic carbocycles. The molecule has 110 valence electrons. The number of aryl methyl sites for hydroxylation is 2. The fourth-order valence-corrected chi connectivity index (χ4v) is 2.97. The van der Waals surface area contributed by atoms with Gasteiger partial charge in [-0.3, -0.25) is 4.79 Å². The average molecular weight is 274 g/mol. The number of nitrogens with one attached hydrogen (secondary N) is 1. The van der Waals surface area contributed by atoms with Crippen LogP contribution in [0.25, 0.3) is 0 Å². The largest absolute Gasteiger partial charge is 0.339 e. The number of hydrogen-bond donors (Lipinski definition) is 1. The third kappa shape index (κ3) is 3.60. The molecule has 0 spiro atoms. The molecule has 0 radical (unpaired) electrons. The van der Waals surface area contributed by atoms with Crippen LogP contribution in [-0.2, 0) is 0 Å². The zero-order chi connectivity index (χ0) is 14.5. The lowest BCUT2D eigenvalue weighted by Gasteiger charge is -2.30. The number of benzene rings is 1. The number of carbonyl (C=O) groups excluding carboxylic acids is 1. The number of hydrogen-bond acceptors (Lipinski definition) is 2. The minimum Gasteiger partial charge on any atom is -0.339 e. The third-order valence-electron chi connectivity index (χ3n) is 4.16. The van der Waals surface area contributed by atoms with Gasteiger partial charge in [-0.05, 0) is 64.3 Å². The van der Waals surface area contributed by atoms with Gasteiger partial charge in [0.15, 0.2) is 0 Å². The summed E-state index contributed by atoms with van der Waals surface area (Å²) in [5.41, 5.74) is 3.13. The van der Waals surface area contributed by atoms with Gasteiger partial charge in [-0.25, -0.2) is 0 Å². The van der Waals surface area contributed by atoms with Gasteiger partial charge in [-0.2, -0.15) is 0 Å². The van der Waals surface area contributed by atoms with Gasteiger partial charge in [-0.15, -0.1) is 0 Å². The molecule has 0 saturated carbocycles. The van der Waals surface area contributed by atoms with E-state index < -0.39 is 0 Å². The predicted octanol–water partition coefficient (Wildman–Crippen LogP) is 2.77. The molecule has 1 N–H and O–H groups in total. The van der Waals surface area contributed by atoms with Crippen molar-refractivity contribution < 1.29 is 4.79 Å². The average Bonchev–Trinajstić information content (AvgIpc) is 2.45. The van der Waals surface area contributed by atoms with Gasteiger partial charge < -0.3 is 10.2 Å². The highest BCUT2D eigenvalue weighted by molar-refractivity contribution is 5.95. The SMILES string of the molecule is CCN(CC1CCCNC1)C(=O)c1ccc(C)cc1C. The Balaban J connectivity index is 2.07. The van der Waals surface area contributed by atoms with Crippen LogP contribution in [0.1, 0.15) is 41.3 Å². The molecular formula is C17H26N2O. The Hall–Kier alpha value is -1.35. The molecule has 0 aliphatic carbocycles. The van der Waals surface area contributed by atoms with E-state index in [1.807, 2.05) is 24.0 Å². The predicted molar refractivity (Wildman–Crippen MR) is 83.1 cm³/mol. The van der Waals surface area contributed by atoms with Gasteiger partial charge in [0.1, 0.15) is 0 Å². The molecule has 0 bridgehead atoms. The zero-order valence-corrected chi connectivity index (χ0v) is 12.9. The monoisotopic (exact) mass is 274 g/mol. The number of piperidine rings is 1. The fraction of sp³-hybridized carbons (Fsp3) is 0.588. The first-order chi connectivity index (χ1) is 9.61. The Morgan fingerprint density at radius 3 is 2.80 bits per heavy atom. The van der Waals surface area contributed by atoms with Crippen molar-refractivity contribution in [2.24, 2.45) is 5.92 Å². The summed E-state index contributed by atoms with van der Waals surface area (Å²) < 4.78 is 0. The number of carbonyl (C=O) groups is 1. The second-order valence-electron chi connectivity index (χ2n) is 5.87. The maximum absolute atomic E-state index is 12.7. The summed E-state index contributed by atoms with van der Waals surface area (Å²) in [6.45, 7) is 9.96. The van der Waals surface area contributed by atoms with Gasteiger partial charge in [0.2, 0.25) is 0 Å². The van der Waals surface area contributed by atoms with E-state index in [0.717, 1.165) is 37.3 Å². The van der Waals surface area contributed by atoms with Crippen LogP contribution in [0.15, 0.2) is 18.2 Å². The van der Waals surface area contributed by atoms with Crippen LogP contribution in [-0.4, -0.2) is 37.0 Å². The Kier molecular flexibility index (Phi) is 5.18. The molecule has 1 heterocycles. The molecule has 1 aromatic rings. The lowest BCUT2D eigenvalue weighted by atomic mass is 9.98. The van der Waals surface area contributed by atoms with Crippen LogP contribution in [0.3, 0.4) is 0 Å². The Morgan fingerprint density at radius 1 is 1.40 bits per heavy atom. The van der Waals surface area contributed by atoms with Crippen molar-refractivity contribution in [3.63, 3.8) is 0 Å². The van der Waals surface area contributed by atoms with E-state index in [2.05, 4.69) is 25.2 Å². The summed E-state index contributed by atoms with van der Waals surface area (Å²) in [4.78, 5) is 14.7. The minimum atomic E-state index is 0.176. The summed E-state index contributed by atoms with van der Waals surface area (Å²) in [5, 5.41) is 3.42. The summed E-state index contributed by atoms with van der Waals surface area (Å²) in [7, 11) is 0. The van der Waals surface area contributed by atoms with Crippen LogP contribution in [0.4, 0.5) is 0 Å². The van der Waals surface area contributed by atoms with Gasteiger partial charge in [0, 0.05) is 18.7 Å². The number of amides is 1. The van der Waals surface area contributed by atoms with E-state index >= 15 is 0 Å². The summed E-state index contributed by atoms with van der Waals surface area (Å²) in [5.74, 6) is 0.772. The second kappa shape index (κ2) is 6.89. The van der Waals surface area contributed by atoms with E-state index in [0.29, 0.717) is 5.92 Å². The first kappa shape index (κ1) is 15.0. The molecule has 1 fully saturated rings. The van der Waals surface area contributed by atoms with Crippen LogP contribution in [0.5, 0.6) is 0 Å². The van der Waals surface area contributed by atoms with E-state index in [-0.39, 0.29) is 5.91 Å². The normalized spacial score (nSPS) is 18.9. The lowest BCUT2D eigenvalue weighted by Crippen LogP contribution is -2.41. The van der Waals surface area contributed by atoms with Crippen LogP contribution < -0.4 is 5.32 Å². The van der Waals surface area contributed by atoms with Gasteiger partial charge in [0.05, 0.1) is 0 Å². The molecule has 1 amide bonds. The Morgan fingerprint density at radius 2 is 2.20 bits per heavy atom. The molecule has 3 heteroatoms. The van der Waals surface area contributed by atoms with E-state index in [1.54, 1.807) is 0 Å². The first-order valence-electron chi connectivity index (χ1n) is 7.69. The quantitative estimate of drug-likeness (QED) is 0.915. The maximum Gasteiger partial charge on any atom is 0.254 e. The lowest BCUT2D eigenvalue weighted by molar-refractivity contribution is 0.0728. The van der Waals surface area contributed by atoms with Crippen LogP contribution in [0.2, 0.25) is 0 Å². The van der Waals surface area contributed by atoms with Crippen molar-refractivity contribution in [1.29, 1.82) is 0 Å². The van der Waals surface area contributed by atoms with Crippen molar-refractivity contribution >= 4 is 5.91 Å². The minimum absolute atomic E-state index is 0.176. The topological polar surface area (TPSA) is 32.3 Å². The smallest absolute Gasteiger partial charge is 0.254 e. The van der Waals surface area contributed by atoms with Crippen molar-refractivity contribution in [3.8, 4) is 0 Å². The molecule has 2 rings (SSSR count). The highest BCUT2D eigenvalue weighted by atomic mass is 16.2. The molecule has 1 aliphatic rings. The molecule has 1 saturated heterocycles. The highest BCUT2D eigenvalue weighted by Crippen LogP contribution is 2.17. The van der Waals surface area contributed by atoms with Crippen molar-refractivity contribution in [3.05, 3.63) is 34.9 Å². The zero-order valence-electron chi connectivity index (χ0n) is 12.9. The number of rotatable bonds is 4. The summed E-state index contributed by atoms with van der Waals surface area (Å²) in [6.07, 6.45) is 2.45. The van der Waals surface area contributed by atoms with Crippen LogP contribution in [0, 0.1) is 19.8 Å². The molecule has 0 aromatic heterocycles. The van der Waals surface area contributed by atoms with Gasteiger partial charge >= 0.3 is 0 Å². The van der Waals surface area contributed by atoms with Gasteiger partial charge in [0.25, 0.3) is 5.91 Å². The van der Waals surface area contributed by atoms with E-state index in [1.165, 1.54) is 18.4 Å². The van der Waals surface area contributed by atoms with E-state index in [9.17, 15) is 4.79 Å². The molecular weight excluding hydrogens is 248 g/mol.